The third-order valence-electron chi connectivity index (χ3n) is 7.50. The van der Waals surface area contributed by atoms with Crippen molar-refractivity contribution in [1.29, 1.82) is 0 Å². The van der Waals surface area contributed by atoms with Crippen molar-refractivity contribution < 1.29 is 14.4 Å². The molecular formula is C24H38BN5O4. The van der Waals surface area contributed by atoms with E-state index in [1.807, 2.05) is 38.1 Å². The average molecular weight is 471 g/mol. The Hall–Kier alpha value is -2.14. The van der Waals surface area contributed by atoms with E-state index in [1.54, 1.807) is 6.92 Å². The largest absolute Gasteiger partial charge is 0.558 e. The number of aliphatic hydroxyl groups excluding tert-OH is 1. The van der Waals surface area contributed by atoms with Crippen LogP contribution in [-0.4, -0.2) is 75.0 Å². The Morgan fingerprint density at radius 3 is 1.97 bits per heavy atom. The molecule has 186 valence electrons. The second-order valence-corrected chi connectivity index (χ2v) is 10.8. The van der Waals surface area contributed by atoms with Gasteiger partial charge in [-0.1, -0.05) is 13.8 Å². The fourth-order valence-corrected chi connectivity index (χ4v) is 4.72. The summed E-state index contributed by atoms with van der Waals surface area (Å²) in [6.07, 6.45) is 0.859. The third-order valence-corrected chi connectivity index (χ3v) is 7.50. The number of rotatable bonds is 6. The van der Waals surface area contributed by atoms with Crippen LogP contribution in [0.5, 0.6) is 0 Å². The first-order valence-electron chi connectivity index (χ1n) is 12.2. The van der Waals surface area contributed by atoms with Gasteiger partial charge in [0.2, 0.25) is 0 Å². The predicted molar refractivity (Wildman–Crippen MR) is 133 cm³/mol. The van der Waals surface area contributed by atoms with E-state index in [4.69, 9.17) is 9.31 Å². The summed E-state index contributed by atoms with van der Waals surface area (Å²) in [5, 5.41) is 14.4. The topological polar surface area (TPSA) is 85.0 Å². The van der Waals surface area contributed by atoms with Crippen LogP contribution in [0.1, 0.15) is 54.5 Å². The maximum absolute atomic E-state index is 13.0. The number of hydrogen-bond donors (Lipinski definition) is 1. The maximum atomic E-state index is 13.0. The molecule has 2 aromatic rings. The van der Waals surface area contributed by atoms with Crippen molar-refractivity contribution in [3.05, 3.63) is 41.1 Å². The molecule has 2 aliphatic rings. The molecule has 3 heterocycles. The van der Waals surface area contributed by atoms with Gasteiger partial charge in [0, 0.05) is 31.9 Å². The van der Waals surface area contributed by atoms with Gasteiger partial charge in [0.05, 0.1) is 29.0 Å². The molecule has 34 heavy (non-hydrogen) atoms. The van der Waals surface area contributed by atoms with Crippen molar-refractivity contribution >= 4 is 12.9 Å². The van der Waals surface area contributed by atoms with Gasteiger partial charge in [-0.3, -0.25) is 4.81 Å². The minimum Gasteiger partial charge on any atom is -0.391 e. The highest BCUT2D eigenvalue weighted by Crippen LogP contribution is 2.37. The molecule has 9 nitrogen and oxygen atoms in total. The first kappa shape index (κ1) is 25.0. The van der Waals surface area contributed by atoms with Crippen LogP contribution < -0.4 is 10.6 Å². The van der Waals surface area contributed by atoms with Gasteiger partial charge in [-0.25, -0.2) is 14.0 Å². The summed E-state index contributed by atoms with van der Waals surface area (Å²) in [5.41, 5.74) is 0.955. The van der Waals surface area contributed by atoms with Gasteiger partial charge in [-0.2, -0.15) is 5.10 Å². The molecule has 1 aromatic carbocycles. The number of piperazine rings is 1. The van der Waals surface area contributed by atoms with Crippen molar-refractivity contribution in [1.82, 2.24) is 19.2 Å². The standard InChI is InChI=1S/C24H38BN5O4/c1-17(2)21(18(3)31)30-22(32)29(16-26-30)20-10-8-19(9-11-20)27-12-14-28(15-13-27)25-33-23(4,5)24(6,7)34-25/h8-11,16-18,21,31H,12-15H2,1-7H3. The summed E-state index contributed by atoms with van der Waals surface area (Å²) < 4.78 is 15.3. The normalized spacial score (nSPS) is 22.4. The van der Waals surface area contributed by atoms with Crippen LogP contribution >= 0.6 is 0 Å². The Morgan fingerprint density at radius 1 is 0.941 bits per heavy atom. The number of benzene rings is 1. The van der Waals surface area contributed by atoms with E-state index in [2.05, 4.69) is 42.5 Å². The molecule has 0 amide bonds. The van der Waals surface area contributed by atoms with Gasteiger partial charge in [-0.05, 0) is 64.8 Å². The zero-order chi connectivity index (χ0) is 24.8. The molecule has 2 aliphatic heterocycles. The minimum atomic E-state index is -0.667. The van der Waals surface area contributed by atoms with E-state index in [-0.39, 0.29) is 36.1 Å². The van der Waals surface area contributed by atoms with Crippen molar-refractivity contribution in [2.75, 3.05) is 31.1 Å². The van der Waals surface area contributed by atoms with Crippen LogP contribution in [0, 0.1) is 5.92 Å². The van der Waals surface area contributed by atoms with Crippen LogP contribution in [0.4, 0.5) is 5.69 Å². The molecule has 0 saturated carbocycles. The van der Waals surface area contributed by atoms with Gasteiger partial charge >= 0.3 is 12.9 Å². The van der Waals surface area contributed by atoms with Crippen molar-refractivity contribution in [3.8, 4) is 5.69 Å². The molecule has 4 rings (SSSR count). The molecule has 0 bridgehead atoms. The number of nitrogens with zero attached hydrogens (tertiary/aromatic N) is 5. The van der Waals surface area contributed by atoms with Gasteiger partial charge in [0.25, 0.3) is 0 Å². The van der Waals surface area contributed by atoms with Crippen LogP contribution in [0.25, 0.3) is 5.69 Å². The van der Waals surface area contributed by atoms with E-state index in [9.17, 15) is 9.90 Å². The average Bonchev–Trinajstić information content (AvgIpc) is 3.23. The van der Waals surface area contributed by atoms with Gasteiger partial charge in [0.15, 0.2) is 0 Å². The lowest BCUT2D eigenvalue weighted by Gasteiger charge is -2.36. The smallest absolute Gasteiger partial charge is 0.391 e. The maximum Gasteiger partial charge on any atom is 0.558 e. The monoisotopic (exact) mass is 471 g/mol. The van der Waals surface area contributed by atoms with E-state index >= 15 is 0 Å². The Balaban J connectivity index is 1.41. The van der Waals surface area contributed by atoms with Crippen LogP contribution in [0.2, 0.25) is 0 Å². The quantitative estimate of drug-likeness (QED) is 0.648. The second kappa shape index (κ2) is 9.15. The molecule has 0 aliphatic carbocycles. The lowest BCUT2D eigenvalue weighted by atomic mass is 9.90. The fraction of sp³-hybridized carbons (Fsp3) is 0.667. The molecular weight excluding hydrogens is 433 g/mol. The van der Waals surface area contributed by atoms with E-state index in [0.717, 1.165) is 37.6 Å². The first-order chi connectivity index (χ1) is 15.9. The molecule has 0 radical (unpaired) electrons. The molecule has 2 saturated heterocycles. The molecule has 1 N–H and O–H groups in total. The molecule has 2 fully saturated rings. The van der Waals surface area contributed by atoms with E-state index in [0.29, 0.717) is 0 Å². The number of anilines is 1. The van der Waals surface area contributed by atoms with Crippen molar-refractivity contribution in [2.24, 2.45) is 5.92 Å². The van der Waals surface area contributed by atoms with Crippen LogP contribution in [0.15, 0.2) is 35.4 Å². The summed E-state index contributed by atoms with van der Waals surface area (Å²) in [6.45, 7) is 17.4. The molecule has 10 heteroatoms. The highest BCUT2D eigenvalue weighted by molar-refractivity contribution is 6.42. The summed E-state index contributed by atoms with van der Waals surface area (Å²) in [4.78, 5) is 17.6. The van der Waals surface area contributed by atoms with Gasteiger partial charge in [-0.15, -0.1) is 0 Å². The van der Waals surface area contributed by atoms with Crippen molar-refractivity contribution in [2.45, 2.75) is 71.8 Å². The molecule has 0 spiro atoms. The first-order valence-corrected chi connectivity index (χ1v) is 12.2. The number of hydrogen-bond acceptors (Lipinski definition) is 7. The highest BCUT2D eigenvalue weighted by Gasteiger charge is 2.54. The van der Waals surface area contributed by atoms with E-state index < -0.39 is 6.10 Å². The fourth-order valence-electron chi connectivity index (χ4n) is 4.72. The van der Waals surface area contributed by atoms with Crippen LogP contribution in [0.3, 0.4) is 0 Å². The third kappa shape index (κ3) is 4.56. The highest BCUT2D eigenvalue weighted by atomic mass is 16.7. The Morgan fingerprint density at radius 2 is 1.47 bits per heavy atom. The Kier molecular flexibility index (Phi) is 6.72. The Labute approximate surface area is 202 Å². The predicted octanol–water partition coefficient (Wildman–Crippen LogP) is 2.32. The lowest BCUT2D eigenvalue weighted by Crippen LogP contribution is -2.53. The Bertz CT molecular complexity index is 1010. The molecule has 2 unspecified atom stereocenters. The van der Waals surface area contributed by atoms with Gasteiger partial charge in [0.1, 0.15) is 6.33 Å². The minimum absolute atomic E-state index is 0.0827. The van der Waals surface area contributed by atoms with Crippen molar-refractivity contribution in [3.63, 3.8) is 0 Å². The summed E-state index contributed by atoms with van der Waals surface area (Å²) in [7, 11) is -0.311. The second-order valence-electron chi connectivity index (χ2n) is 10.8. The zero-order valence-corrected chi connectivity index (χ0v) is 21.4. The van der Waals surface area contributed by atoms with Gasteiger partial charge < -0.3 is 19.3 Å². The number of aromatic nitrogens is 3. The SMILES string of the molecule is CC(C)C(C(C)O)n1ncn(-c2ccc(N3CCN(B4OC(C)(C)C(C)(C)O4)CC3)cc2)c1=O. The summed E-state index contributed by atoms with van der Waals surface area (Å²) >= 11 is 0. The van der Waals surface area contributed by atoms with Crippen LogP contribution in [-0.2, 0) is 9.31 Å². The lowest BCUT2D eigenvalue weighted by molar-refractivity contribution is 0.00578. The van der Waals surface area contributed by atoms with E-state index in [1.165, 1.54) is 15.6 Å². The number of aliphatic hydroxyl groups is 1. The summed E-state index contributed by atoms with van der Waals surface area (Å²) in [6, 6.07) is 7.59. The zero-order valence-electron chi connectivity index (χ0n) is 21.4. The summed E-state index contributed by atoms with van der Waals surface area (Å²) in [5.74, 6) is 0.0827. The molecule has 2 atom stereocenters. The molecule has 1 aromatic heterocycles.